The quantitative estimate of drug-likeness (QED) is 0.835. The lowest BCUT2D eigenvalue weighted by atomic mass is 10.1. The lowest BCUT2D eigenvalue weighted by Gasteiger charge is -2.07. The lowest BCUT2D eigenvalue weighted by Crippen LogP contribution is -2.23. The Labute approximate surface area is 130 Å². The van der Waals surface area contributed by atoms with Crippen LogP contribution >= 0.6 is 12.2 Å². The van der Waals surface area contributed by atoms with Gasteiger partial charge in [0.05, 0.1) is 0 Å². The van der Waals surface area contributed by atoms with Gasteiger partial charge in [-0.3, -0.25) is 4.79 Å². The number of nitrogens with two attached hydrogens (primary N) is 1. The van der Waals surface area contributed by atoms with Gasteiger partial charge in [-0.15, -0.1) is 0 Å². The minimum atomic E-state index is -0.0848. The third-order valence-electron chi connectivity index (χ3n) is 3.29. The maximum absolute atomic E-state index is 12.1. The van der Waals surface area contributed by atoms with Gasteiger partial charge in [0.2, 0.25) is 0 Å². The van der Waals surface area contributed by atoms with E-state index in [4.69, 9.17) is 18.0 Å². The first-order valence-corrected chi connectivity index (χ1v) is 7.27. The Morgan fingerprint density at radius 2 is 1.81 bits per heavy atom. The summed E-state index contributed by atoms with van der Waals surface area (Å²) in [6.45, 7) is 2.54. The van der Waals surface area contributed by atoms with E-state index in [-0.39, 0.29) is 5.91 Å². The van der Waals surface area contributed by atoms with Gasteiger partial charge in [-0.1, -0.05) is 49.5 Å². The number of hydrogen-bond donors (Lipinski definition) is 2. The summed E-state index contributed by atoms with van der Waals surface area (Å²) in [4.78, 5) is 12.4. The third kappa shape index (κ3) is 4.13. The van der Waals surface area contributed by atoms with Crippen LogP contribution in [0.4, 0.5) is 0 Å². The lowest BCUT2D eigenvalue weighted by molar-refractivity contribution is 0.0951. The molecule has 0 atom stereocenters. The van der Waals surface area contributed by atoms with Crippen LogP contribution in [0, 0.1) is 0 Å². The van der Waals surface area contributed by atoms with Crippen LogP contribution in [0.5, 0.6) is 0 Å². The molecule has 21 heavy (non-hydrogen) atoms. The van der Waals surface area contributed by atoms with Gasteiger partial charge in [0.1, 0.15) is 4.99 Å². The van der Waals surface area contributed by atoms with Gasteiger partial charge in [-0.05, 0) is 35.7 Å². The van der Waals surface area contributed by atoms with Crippen LogP contribution in [-0.2, 0) is 13.0 Å². The van der Waals surface area contributed by atoms with Crippen LogP contribution in [0.25, 0.3) is 0 Å². The van der Waals surface area contributed by atoms with E-state index in [0.717, 1.165) is 17.5 Å². The zero-order valence-corrected chi connectivity index (χ0v) is 12.7. The molecule has 1 amide bonds. The van der Waals surface area contributed by atoms with E-state index in [9.17, 15) is 4.79 Å². The Bertz CT molecular complexity index is 650. The molecule has 0 aliphatic rings. The van der Waals surface area contributed by atoms with Crippen LogP contribution in [0.15, 0.2) is 48.5 Å². The van der Waals surface area contributed by atoms with E-state index in [1.807, 2.05) is 48.5 Å². The second-order valence-corrected chi connectivity index (χ2v) is 5.24. The van der Waals surface area contributed by atoms with Crippen molar-refractivity contribution in [3.8, 4) is 0 Å². The minimum absolute atomic E-state index is 0.0848. The van der Waals surface area contributed by atoms with E-state index in [2.05, 4.69) is 12.2 Å². The normalized spacial score (nSPS) is 10.1. The molecule has 0 saturated heterocycles. The van der Waals surface area contributed by atoms with E-state index < -0.39 is 0 Å². The standard InChI is InChI=1S/C17H18N2OS/c1-2-12-6-8-14(9-7-12)17(20)19-11-13-4-3-5-15(10-13)16(18)21/h3-10H,2,11H2,1H3,(H2,18,21)(H,19,20). The zero-order valence-electron chi connectivity index (χ0n) is 11.9. The van der Waals surface area contributed by atoms with Crippen molar-refractivity contribution in [2.45, 2.75) is 19.9 Å². The summed E-state index contributed by atoms with van der Waals surface area (Å²) < 4.78 is 0. The second-order valence-electron chi connectivity index (χ2n) is 4.80. The van der Waals surface area contributed by atoms with Crippen molar-refractivity contribution >= 4 is 23.1 Å². The first kappa shape index (κ1) is 15.2. The molecule has 2 aromatic carbocycles. The highest BCUT2D eigenvalue weighted by molar-refractivity contribution is 7.80. The van der Waals surface area contributed by atoms with Gasteiger partial charge < -0.3 is 11.1 Å². The van der Waals surface area contributed by atoms with Crippen molar-refractivity contribution in [1.82, 2.24) is 5.32 Å². The molecule has 4 heteroatoms. The molecule has 0 fully saturated rings. The highest BCUT2D eigenvalue weighted by atomic mass is 32.1. The van der Waals surface area contributed by atoms with Gasteiger partial charge >= 0.3 is 0 Å². The fraction of sp³-hybridized carbons (Fsp3) is 0.176. The van der Waals surface area contributed by atoms with Crippen molar-refractivity contribution < 1.29 is 4.79 Å². The van der Waals surface area contributed by atoms with Gasteiger partial charge in [-0.25, -0.2) is 0 Å². The molecule has 108 valence electrons. The van der Waals surface area contributed by atoms with Crippen molar-refractivity contribution in [2.75, 3.05) is 0 Å². The number of amides is 1. The second kappa shape index (κ2) is 6.99. The molecule has 0 aliphatic heterocycles. The fourth-order valence-electron chi connectivity index (χ4n) is 2.01. The molecule has 0 saturated carbocycles. The molecule has 2 rings (SSSR count). The van der Waals surface area contributed by atoms with Gasteiger partial charge in [0.15, 0.2) is 0 Å². The number of benzene rings is 2. The first-order valence-electron chi connectivity index (χ1n) is 6.86. The molecule has 3 N–H and O–H groups in total. The van der Waals surface area contributed by atoms with E-state index in [0.29, 0.717) is 17.1 Å². The summed E-state index contributed by atoms with van der Waals surface area (Å²) >= 11 is 4.95. The van der Waals surface area contributed by atoms with Crippen LogP contribution in [0.3, 0.4) is 0 Å². The van der Waals surface area contributed by atoms with Gasteiger partial charge in [0.25, 0.3) is 5.91 Å². The van der Waals surface area contributed by atoms with Crippen molar-refractivity contribution in [2.24, 2.45) is 5.73 Å². The topological polar surface area (TPSA) is 55.1 Å². The SMILES string of the molecule is CCc1ccc(C(=O)NCc2cccc(C(N)=S)c2)cc1. The molecule has 3 nitrogen and oxygen atoms in total. The van der Waals surface area contributed by atoms with Gasteiger partial charge in [-0.2, -0.15) is 0 Å². The summed E-state index contributed by atoms with van der Waals surface area (Å²) in [5.41, 5.74) is 9.26. The zero-order chi connectivity index (χ0) is 15.2. The highest BCUT2D eigenvalue weighted by Crippen LogP contribution is 2.07. The average molecular weight is 298 g/mol. The van der Waals surface area contributed by atoms with E-state index >= 15 is 0 Å². The van der Waals surface area contributed by atoms with Crippen LogP contribution in [-0.4, -0.2) is 10.9 Å². The molecular formula is C17H18N2OS. The summed E-state index contributed by atoms with van der Waals surface area (Å²) in [7, 11) is 0. The van der Waals surface area contributed by atoms with E-state index in [1.54, 1.807) is 0 Å². The molecule has 0 spiro atoms. The number of aryl methyl sites for hydroxylation is 1. The Morgan fingerprint density at radius 1 is 1.10 bits per heavy atom. The highest BCUT2D eigenvalue weighted by Gasteiger charge is 2.05. The molecule has 0 radical (unpaired) electrons. The van der Waals surface area contributed by atoms with Crippen LogP contribution < -0.4 is 11.1 Å². The number of rotatable bonds is 5. The Balaban J connectivity index is 2.00. The Kier molecular flexibility index (Phi) is 5.06. The van der Waals surface area contributed by atoms with Crippen molar-refractivity contribution in [3.63, 3.8) is 0 Å². The summed E-state index contributed by atoms with van der Waals surface area (Å²) in [6, 6.07) is 15.2. The molecule has 2 aromatic rings. The minimum Gasteiger partial charge on any atom is -0.389 e. The maximum atomic E-state index is 12.1. The molecule has 0 heterocycles. The number of nitrogens with one attached hydrogen (secondary N) is 1. The van der Waals surface area contributed by atoms with Crippen LogP contribution in [0.2, 0.25) is 0 Å². The molecule has 0 aliphatic carbocycles. The van der Waals surface area contributed by atoms with E-state index in [1.165, 1.54) is 5.56 Å². The summed E-state index contributed by atoms with van der Waals surface area (Å²) in [5.74, 6) is -0.0848. The Hall–Kier alpha value is -2.20. The Morgan fingerprint density at radius 3 is 2.43 bits per heavy atom. The summed E-state index contributed by atoms with van der Waals surface area (Å²) in [5, 5.41) is 2.90. The van der Waals surface area contributed by atoms with Crippen molar-refractivity contribution in [3.05, 3.63) is 70.8 Å². The largest absolute Gasteiger partial charge is 0.389 e. The number of carbonyl (C=O) groups excluding carboxylic acids is 1. The number of hydrogen-bond acceptors (Lipinski definition) is 2. The maximum Gasteiger partial charge on any atom is 0.251 e. The number of carbonyl (C=O) groups is 1. The van der Waals surface area contributed by atoms with Crippen LogP contribution in [0.1, 0.15) is 34.0 Å². The molecule has 0 aromatic heterocycles. The smallest absolute Gasteiger partial charge is 0.251 e. The van der Waals surface area contributed by atoms with Crippen molar-refractivity contribution in [1.29, 1.82) is 0 Å². The predicted molar refractivity (Wildman–Crippen MR) is 89.3 cm³/mol. The first-order chi connectivity index (χ1) is 10.1. The average Bonchev–Trinajstić information content (AvgIpc) is 2.53. The predicted octanol–water partition coefficient (Wildman–Crippen LogP) is 2.81. The van der Waals surface area contributed by atoms with Gasteiger partial charge in [0, 0.05) is 17.7 Å². The summed E-state index contributed by atoms with van der Waals surface area (Å²) in [6.07, 6.45) is 0.966. The third-order valence-corrected chi connectivity index (χ3v) is 3.52. The number of thiocarbonyl (C=S) groups is 1. The fourth-order valence-corrected chi connectivity index (χ4v) is 2.14. The molecule has 0 bridgehead atoms. The molecule has 0 unspecified atom stereocenters. The monoisotopic (exact) mass is 298 g/mol. The molecular weight excluding hydrogens is 280 g/mol.